The molecule has 0 atom stereocenters. The van der Waals surface area contributed by atoms with Gasteiger partial charge >= 0.3 is 12.2 Å². The van der Waals surface area contributed by atoms with E-state index in [2.05, 4.69) is 20.9 Å². The normalized spacial score (nSPS) is 10.1. The Labute approximate surface area is 155 Å². The zero-order valence-corrected chi connectivity index (χ0v) is 15.1. The second-order valence-corrected chi connectivity index (χ2v) is 7.03. The van der Waals surface area contributed by atoms with Crippen LogP contribution in [-0.4, -0.2) is 17.2 Å². The van der Waals surface area contributed by atoms with Gasteiger partial charge in [0.1, 0.15) is 11.5 Å². The van der Waals surface area contributed by atoms with Crippen LogP contribution in [0.4, 0.5) is 14.7 Å². The summed E-state index contributed by atoms with van der Waals surface area (Å²) in [5.41, 5.74) is 0. The zero-order chi connectivity index (χ0) is 17.6. The smallest absolute Gasteiger partial charge is 0.410 e. The molecule has 0 unspecified atom stereocenters. The van der Waals surface area contributed by atoms with Crippen LogP contribution in [0.3, 0.4) is 0 Å². The van der Waals surface area contributed by atoms with Crippen LogP contribution in [0.25, 0.3) is 0 Å². The fourth-order valence-corrected chi connectivity index (χ4v) is 3.01. The van der Waals surface area contributed by atoms with Crippen molar-refractivity contribution in [3.05, 3.63) is 70.6 Å². The molecule has 1 heterocycles. The molecule has 0 radical (unpaired) electrons. The van der Waals surface area contributed by atoms with Crippen molar-refractivity contribution >= 4 is 44.6 Å². The van der Waals surface area contributed by atoms with Crippen molar-refractivity contribution in [2.75, 3.05) is 4.90 Å². The third-order valence-electron chi connectivity index (χ3n) is 2.92. The minimum Gasteiger partial charge on any atom is -0.410 e. The van der Waals surface area contributed by atoms with Crippen LogP contribution in [0.5, 0.6) is 11.5 Å². The molecule has 1 aromatic heterocycles. The Balaban J connectivity index is 1.84. The molecule has 0 aliphatic carbocycles. The van der Waals surface area contributed by atoms with E-state index in [0.29, 0.717) is 15.3 Å². The summed E-state index contributed by atoms with van der Waals surface area (Å²) < 4.78 is 11.1. The molecular formula is C17H11BrN2O4S. The minimum atomic E-state index is -0.908. The number of nitrogens with zero attached hydrogens (tertiary/aromatic N) is 2. The largest absolute Gasteiger partial charge is 0.431 e. The first kappa shape index (κ1) is 17.1. The standard InChI is InChI=1S/C17H11BrN2O4S/c18-14-11-19-15(25-14)20(16(21)23-12-7-3-1-4-8-12)17(22)24-13-9-5-2-6-10-13/h1-11H. The monoisotopic (exact) mass is 418 g/mol. The molecule has 6 nitrogen and oxygen atoms in total. The summed E-state index contributed by atoms with van der Waals surface area (Å²) in [6, 6.07) is 16.9. The number of halogens is 1. The van der Waals surface area contributed by atoms with Crippen LogP contribution in [0, 0.1) is 0 Å². The van der Waals surface area contributed by atoms with Crippen molar-refractivity contribution in [1.82, 2.24) is 4.98 Å². The van der Waals surface area contributed by atoms with Gasteiger partial charge in [0.05, 0.1) is 9.98 Å². The Bertz CT molecular complexity index is 817. The number of amides is 2. The third kappa shape index (κ3) is 4.43. The Morgan fingerprint density at radius 2 is 1.36 bits per heavy atom. The maximum absolute atomic E-state index is 12.5. The summed E-state index contributed by atoms with van der Waals surface area (Å²) in [4.78, 5) is 29.8. The number of rotatable bonds is 3. The van der Waals surface area contributed by atoms with Gasteiger partial charge in [0, 0.05) is 0 Å². The molecule has 2 aromatic carbocycles. The van der Waals surface area contributed by atoms with Gasteiger partial charge in [-0.1, -0.05) is 47.7 Å². The summed E-state index contributed by atoms with van der Waals surface area (Å²) in [6.45, 7) is 0. The highest BCUT2D eigenvalue weighted by Crippen LogP contribution is 2.28. The van der Waals surface area contributed by atoms with E-state index in [1.165, 1.54) is 6.20 Å². The van der Waals surface area contributed by atoms with Gasteiger partial charge < -0.3 is 9.47 Å². The maximum atomic E-state index is 12.5. The molecule has 0 saturated heterocycles. The molecule has 0 aliphatic rings. The lowest BCUT2D eigenvalue weighted by Crippen LogP contribution is -2.40. The molecule has 0 N–H and O–H groups in total. The molecule has 25 heavy (non-hydrogen) atoms. The number of hydrogen-bond acceptors (Lipinski definition) is 6. The molecule has 3 aromatic rings. The summed E-state index contributed by atoms with van der Waals surface area (Å²) in [5, 5.41) is 0.133. The second-order valence-electron chi connectivity index (χ2n) is 4.64. The van der Waals surface area contributed by atoms with E-state index >= 15 is 0 Å². The number of aromatic nitrogens is 1. The molecular weight excluding hydrogens is 408 g/mol. The number of ether oxygens (including phenoxy) is 2. The van der Waals surface area contributed by atoms with E-state index in [0.717, 1.165) is 16.2 Å². The summed E-state index contributed by atoms with van der Waals surface area (Å²) in [6.07, 6.45) is -0.332. The molecule has 0 aliphatic heterocycles. The predicted octanol–water partition coefficient (Wildman–Crippen LogP) is 5.11. The Kier molecular flexibility index (Phi) is 5.42. The van der Waals surface area contributed by atoms with E-state index in [1.807, 2.05) is 0 Å². The van der Waals surface area contributed by atoms with Gasteiger partial charge in [-0.05, 0) is 40.2 Å². The Morgan fingerprint density at radius 3 is 1.76 bits per heavy atom. The average Bonchev–Trinajstić information content (AvgIpc) is 3.02. The number of carbonyl (C=O) groups is 2. The number of benzene rings is 2. The van der Waals surface area contributed by atoms with Crippen molar-refractivity contribution in [2.45, 2.75) is 0 Å². The highest BCUT2D eigenvalue weighted by Gasteiger charge is 2.30. The quantitative estimate of drug-likeness (QED) is 0.590. The second kappa shape index (κ2) is 7.91. The van der Waals surface area contributed by atoms with Gasteiger partial charge in [-0.25, -0.2) is 14.6 Å². The van der Waals surface area contributed by atoms with E-state index in [9.17, 15) is 9.59 Å². The van der Waals surface area contributed by atoms with Crippen molar-refractivity contribution in [1.29, 1.82) is 0 Å². The molecule has 0 spiro atoms. The Hall–Kier alpha value is -2.71. The van der Waals surface area contributed by atoms with Gasteiger partial charge in [-0.15, -0.1) is 0 Å². The molecule has 0 saturated carbocycles. The average molecular weight is 419 g/mol. The lowest BCUT2D eigenvalue weighted by Gasteiger charge is -2.17. The molecule has 0 fully saturated rings. The zero-order valence-electron chi connectivity index (χ0n) is 12.7. The SMILES string of the molecule is O=C(Oc1ccccc1)N(C(=O)Oc1ccccc1)c1ncc(Br)s1. The number of imide groups is 1. The number of carbonyl (C=O) groups excluding carboxylic acids is 2. The van der Waals surface area contributed by atoms with Crippen LogP contribution in [0.2, 0.25) is 0 Å². The summed E-state index contributed by atoms with van der Waals surface area (Å²) in [5.74, 6) is 0.612. The van der Waals surface area contributed by atoms with Crippen molar-refractivity contribution in [3.63, 3.8) is 0 Å². The van der Waals surface area contributed by atoms with E-state index in [-0.39, 0.29) is 5.13 Å². The number of para-hydroxylation sites is 2. The lowest BCUT2D eigenvalue weighted by atomic mass is 10.3. The van der Waals surface area contributed by atoms with E-state index in [4.69, 9.17) is 9.47 Å². The highest BCUT2D eigenvalue weighted by atomic mass is 79.9. The molecule has 126 valence electrons. The number of hydrogen-bond donors (Lipinski definition) is 0. The molecule has 0 bridgehead atoms. The van der Waals surface area contributed by atoms with Crippen molar-refractivity contribution in [2.24, 2.45) is 0 Å². The van der Waals surface area contributed by atoms with Gasteiger partial charge in [-0.2, -0.15) is 4.90 Å². The van der Waals surface area contributed by atoms with Crippen LogP contribution in [0.1, 0.15) is 0 Å². The van der Waals surface area contributed by atoms with Gasteiger partial charge in [0.15, 0.2) is 0 Å². The molecule has 3 rings (SSSR count). The minimum absolute atomic E-state index is 0.133. The topological polar surface area (TPSA) is 68.7 Å². The Morgan fingerprint density at radius 1 is 0.880 bits per heavy atom. The van der Waals surface area contributed by atoms with Crippen LogP contribution in [-0.2, 0) is 0 Å². The number of thiazole rings is 1. The third-order valence-corrected chi connectivity index (χ3v) is 4.38. The highest BCUT2D eigenvalue weighted by molar-refractivity contribution is 9.11. The van der Waals surface area contributed by atoms with Crippen molar-refractivity contribution < 1.29 is 19.1 Å². The van der Waals surface area contributed by atoms with E-state index in [1.54, 1.807) is 60.7 Å². The summed E-state index contributed by atoms with van der Waals surface area (Å²) >= 11 is 4.36. The van der Waals surface area contributed by atoms with Crippen LogP contribution >= 0.6 is 27.3 Å². The van der Waals surface area contributed by atoms with Crippen molar-refractivity contribution in [3.8, 4) is 11.5 Å². The van der Waals surface area contributed by atoms with Crippen LogP contribution in [0.15, 0.2) is 70.6 Å². The lowest BCUT2D eigenvalue weighted by molar-refractivity contribution is 0.191. The first-order valence-electron chi connectivity index (χ1n) is 7.08. The van der Waals surface area contributed by atoms with Gasteiger partial charge in [0.2, 0.25) is 5.13 Å². The van der Waals surface area contributed by atoms with E-state index < -0.39 is 12.2 Å². The predicted molar refractivity (Wildman–Crippen MR) is 97.2 cm³/mol. The van der Waals surface area contributed by atoms with Crippen LogP contribution < -0.4 is 14.4 Å². The molecule has 8 heteroatoms. The van der Waals surface area contributed by atoms with Gasteiger partial charge in [-0.3, -0.25) is 0 Å². The fraction of sp³-hybridized carbons (Fsp3) is 0. The number of anilines is 1. The first-order valence-corrected chi connectivity index (χ1v) is 8.69. The summed E-state index contributed by atoms with van der Waals surface area (Å²) in [7, 11) is 0. The first-order chi connectivity index (χ1) is 12.1. The maximum Gasteiger partial charge on any atom is 0.431 e. The van der Waals surface area contributed by atoms with Gasteiger partial charge in [0.25, 0.3) is 0 Å². The molecule has 2 amide bonds. The fourth-order valence-electron chi connectivity index (χ4n) is 1.85.